The molecule has 1 aliphatic heterocycles. The Morgan fingerprint density at radius 2 is 2.28 bits per heavy atom. The van der Waals surface area contributed by atoms with Crippen LogP contribution in [-0.4, -0.2) is 43.7 Å². The fraction of sp³-hybridized carbons (Fsp3) is 0.412. The quantitative estimate of drug-likeness (QED) is 0.782. The summed E-state index contributed by atoms with van der Waals surface area (Å²) in [5.74, 6) is 1.02. The lowest BCUT2D eigenvalue weighted by Gasteiger charge is -2.24. The van der Waals surface area contributed by atoms with Crippen LogP contribution >= 0.6 is 0 Å². The van der Waals surface area contributed by atoms with Gasteiger partial charge in [-0.25, -0.2) is 9.50 Å². The SMILES string of the molecule is Cc1cc2nccc(C3CCCN3CC(=O)Nc3cc(C)on3)n2n1. The maximum Gasteiger partial charge on any atom is 0.239 e. The number of nitrogens with zero attached hydrogens (tertiary/aromatic N) is 5. The summed E-state index contributed by atoms with van der Waals surface area (Å²) in [5, 5.41) is 11.1. The summed E-state index contributed by atoms with van der Waals surface area (Å²) in [6.07, 6.45) is 3.85. The van der Waals surface area contributed by atoms with Crippen molar-refractivity contribution in [2.24, 2.45) is 0 Å². The number of aromatic nitrogens is 4. The molecule has 0 bridgehead atoms. The molecule has 0 saturated carbocycles. The van der Waals surface area contributed by atoms with Crippen molar-refractivity contribution >= 4 is 17.4 Å². The third-order valence-corrected chi connectivity index (χ3v) is 4.46. The van der Waals surface area contributed by atoms with E-state index in [-0.39, 0.29) is 11.9 Å². The molecule has 8 nitrogen and oxygen atoms in total. The maximum absolute atomic E-state index is 12.4. The molecule has 1 N–H and O–H groups in total. The minimum atomic E-state index is -0.0952. The number of hydrogen-bond donors (Lipinski definition) is 1. The topological polar surface area (TPSA) is 88.6 Å². The van der Waals surface area contributed by atoms with Crippen LogP contribution in [0.1, 0.15) is 36.0 Å². The van der Waals surface area contributed by atoms with Crippen molar-refractivity contribution in [3.05, 3.63) is 41.5 Å². The summed E-state index contributed by atoms with van der Waals surface area (Å²) in [4.78, 5) is 18.9. The van der Waals surface area contributed by atoms with Crippen LogP contribution in [0.25, 0.3) is 5.65 Å². The Morgan fingerprint density at radius 1 is 1.40 bits per heavy atom. The van der Waals surface area contributed by atoms with E-state index in [0.29, 0.717) is 18.1 Å². The van der Waals surface area contributed by atoms with E-state index in [9.17, 15) is 4.79 Å². The molecule has 0 aromatic carbocycles. The molecule has 1 unspecified atom stereocenters. The highest BCUT2D eigenvalue weighted by Crippen LogP contribution is 2.31. The summed E-state index contributed by atoms with van der Waals surface area (Å²) in [6.45, 7) is 4.93. The average molecular weight is 340 g/mol. The predicted molar refractivity (Wildman–Crippen MR) is 91.1 cm³/mol. The van der Waals surface area contributed by atoms with Crippen LogP contribution in [0.5, 0.6) is 0 Å². The van der Waals surface area contributed by atoms with E-state index < -0.39 is 0 Å². The molecule has 3 aromatic rings. The molecular formula is C17H20N6O2. The van der Waals surface area contributed by atoms with Crippen molar-refractivity contribution in [1.29, 1.82) is 0 Å². The molecule has 130 valence electrons. The zero-order valence-corrected chi connectivity index (χ0v) is 14.3. The molecule has 1 amide bonds. The van der Waals surface area contributed by atoms with Crippen molar-refractivity contribution in [2.75, 3.05) is 18.4 Å². The van der Waals surface area contributed by atoms with E-state index in [1.807, 2.05) is 23.6 Å². The van der Waals surface area contributed by atoms with Crippen molar-refractivity contribution < 1.29 is 9.32 Å². The molecule has 1 saturated heterocycles. The lowest BCUT2D eigenvalue weighted by molar-refractivity contribution is -0.117. The first kappa shape index (κ1) is 15.8. The molecule has 0 aliphatic carbocycles. The summed E-state index contributed by atoms with van der Waals surface area (Å²) >= 11 is 0. The number of hydrogen-bond acceptors (Lipinski definition) is 6. The van der Waals surface area contributed by atoms with Gasteiger partial charge in [0.25, 0.3) is 0 Å². The van der Waals surface area contributed by atoms with Crippen molar-refractivity contribution in [2.45, 2.75) is 32.7 Å². The van der Waals surface area contributed by atoms with Gasteiger partial charge in [0.15, 0.2) is 11.5 Å². The van der Waals surface area contributed by atoms with Crippen molar-refractivity contribution in [3.8, 4) is 0 Å². The van der Waals surface area contributed by atoms with E-state index in [1.165, 1.54) is 0 Å². The van der Waals surface area contributed by atoms with Crippen LogP contribution in [0.2, 0.25) is 0 Å². The molecule has 1 fully saturated rings. The number of carbonyl (C=O) groups excluding carboxylic acids is 1. The fourth-order valence-electron chi connectivity index (χ4n) is 3.42. The Hall–Kier alpha value is -2.74. The Bertz CT molecular complexity index is 915. The molecule has 1 atom stereocenters. The standard InChI is InChI=1S/C17H20N6O2/c1-11-8-16-18-6-5-14(23(16)20-11)13-4-3-7-22(13)10-17(24)19-15-9-12(2)25-21-15/h5-6,8-9,13H,3-4,7,10H2,1-2H3,(H,19,21,24). The van der Waals surface area contributed by atoms with Gasteiger partial charge in [-0.05, 0) is 39.3 Å². The first-order valence-corrected chi connectivity index (χ1v) is 8.38. The number of nitrogens with one attached hydrogen (secondary N) is 1. The van der Waals surface area contributed by atoms with Crippen LogP contribution in [0.4, 0.5) is 5.82 Å². The monoisotopic (exact) mass is 340 g/mol. The second-order valence-corrected chi connectivity index (χ2v) is 6.42. The molecule has 4 heterocycles. The Morgan fingerprint density at radius 3 is 3.08 bits per heavy atom. The fourth-order valence-corrected chi connectivity index (χ4v) is 3.42. The minimum absolute atomic E-state index is 0.0952. The zero-order chi connectivity index (χ0) is 17.4. The minimum Gasteiger partial charge on any atom is -0.360 e. The van der Waals surface area contributed by atoms with E-state index >= 15 is 0 Å². The second-order valence-electron chi connectivity index (χ2n) is 6.42. The van der Waals surface area contributed by atoms with Crippen LogP contribution < -0.4 is 5.32 Å². The van der Waals surface area contributed by atoms with Gasteiger partial charge < -0.3 is 9.84 Å². The molecule has 25 heavy (non-hydrogen) atoms. The highest BCUT2D eigenvalue weighted by Gasteiger charge is 2.29. The van der Waals surface area contributed by atoms with Crippen molar-refractivity contribution in [3.63, 3.8) is 0 Å². The lowest BCUT2D eigenvalue weighted by Crippen LogP contribution is -2.33. The molecule has 8 heteroatoms. The predicted octanol–water partition coefficient (Wildman–Crippen LogP) is 2.11. The van der Waals surface area contributed by atoms with Gasteiger partial charge in [0, 0.05) is 18.3 Å². The van der Waals surface area contributed by atoms with Gasteiger partial charge in [-0.15, -0.1) is 0 Å². The lowest BCUT2D eigenvalue weighted by atomic mass is 10.1. The summed E-state index contributed by atoms with van der Waals surface area (Å²) in [7, 11) is 0. The van der Waals surface area contributed by atoms with Gasteiger partial charge in [-0.1, -0.05) is 5.16 Å². The molecule has 3 aromatic heterocycles. The van der Waals surface area contributed by atoms with Crippen LogP contribution in [0, 0.1) is 13.8 Å². The highest BCUT2D eigenvalue weighted by atomic mass is 16.5. The number of rotatable bonds is 4. The van der Waals surface area contributed by atoms with Gasteiger partial charge >= 0.3 is 0 Å². The normalized spacial score (nSPS) is 18.1. The van der Waals surface area contributed by atoms with Gasteiger partial charge in [0.05, 0.1) is 24.0 Å². The Labute approximate surface area is 144 Å². The molecule has 0 spiro atoms. The highest BCUT2D eigenvalue weighted by molar-refractivity contribution is 5.91. The molecular weight excluding hydrogens is 320 g/mol. The Kier molecular flexibility index (Phi) is 3.96. The molecule has 4 rings (SSSR count). The Balaban J connectivity index is 1.52. The van der Waals surface area contributed by atoms with Crippen LogP contribution in [-0.2, 0) is 4.79 Å². The first-order valence-electron chi connectivity index (χ1n) is 8.38. The third kappa shape index (κ3) is 3.12. The first-order chi connectivity index (χ1) is 12.1. The number of aryl methyl sites for hydroxylation is 2. The van der Waals surface area contributed by atoms with E-state index in [1.54, 1.807) is 19.2 Å². The van der Waals surface area contributed by atoms with Gasteiger partial charge in [-0.3, -0.25) is 9.69 Å². The van der Waals surface area contributed by atoms with Crippen LogP contribution in [0.3, 0.4) is 0 Å². The molecule has 0 radical (unpaired) electrons. The number of fused-ring (bicyclic) bond motifs is 1. The van der Waals surface area contributed by atoms with Gasteiger partial charge in [0.1, 0.15) is 5.76 Å². The van der Waals surface area contributed by atoms with E-state index in [2.05, 4.69) is 25.5 Å². The number of anilines is 1. The van der Waals surface area contributed by atoms with Gasteiger partial charge in [-0.2, -0.15) is 5.10 Å². The summed E-state index contributed by atoms with van der Waals surface area (Å²) < 4.78 is 6.87. The van der Waals surface area contributed by atoms with E-state index in [4.69, 9.17) is 4.52 Å². The smallest absolute Gasteiger partial charge is 0.239 e. The average Bonchev–Trinajstić information content (AvgIpc) is 3.26. The van der Waals surface area contributed by atoms with E-state index in [0.717, 1.165) is 36.4 Å². The zero-order valence-electron chi connectivity index (χ0n) is 14.3. The van der Waals surface area contributed by atoms with Crippen LogP contribution in [0.15, 0.2) is 28.9 Å². The molecule has 1 aliphatic rings. The third-order valence-electron chi connectivity index (χ3n) is 4.46. The maximum atomic E-state index is 12.4. The van der Waals surface area contributed by atoms with Gasteiger partial charge in [0.2, 0.25) is 5.91 Å². The summed E-state index contributed by atoms with van der Waals surface area (Å²) in [5.41, 5.74) is 2.84. The number of likely N-dealkylation sites (tertiary alicyclic amines) is 1. The van der Waals surface area contributed by atoms with Crippen molar-refractivity contribution in [1.82, 2.24) is 24.7 Å². The second kappa shape index (κ2) is 6.29. The largest absolute Gasteiger partial charge is 0.360 e. The number of carbonyl (C=O) groups is 1. The number of amides is 1. The summed E-state index contributed by atoms with van der Waals surface area (Å²) in [6, 6.07) is 5.80.